The zero-order valence-corrected chi connectivity index (χ0v) is 15.8. The number of hydrogen-bond donors (Lipinski definition) is 1. The van der Waals surface area contributed by atoms with Crippen LogP contribution in [0.3, 0.4) is 0 Å². The van der Waals surface area contributed by atoms with Crippen molar-refractivity contribution in [3.8, 4) is 0 Å². The first-order valence-electron chi connectivity index (χ1n) is 10.2. The van der Waals surface area contributed by atoms with Crippen LogP contribution in [0.5, 0.6) is 0 Å². The Bertz CT molecular complexity index is 691. The fraction of sp³-hybridized carbons (Fsp3) is 0.667. The second-order valence-electron chi connectivity index (χ2n) is 8.41. The highest BCUT2D eigenvalue weighted by Gasteiger charge is 2.50. The molecule has 6 nitrogen and oxygen atoms in total. The Morgan fingerprint density at radius 1 is 1.19 bits per heavy atom. The molecule has 27 heavy (non-hydrogen) atoms. The minimum absolute atomic E-state index is 0.0419. The number of aliphatic hydroxyl groups is 1. The first-order valence-corrected chi connectivity index (χ1v) is 10.2. The molecule has 1 N–H and O–H groups in total. The summed E-state index contributed by atoms with van der Waals surface area (Å²) in [4.78, 5) is 33.5. The molecule has 146 valence electrons. The lowest BCUT2D eigenvalue weighted by Gasteiger charge is -2.54. The van der Waals surface area contributed by atoms with Gasteiger partial charge in [0.2, 0.25) is 11.8 Å². The molecule has 2 saturated heterocycles. The van der Waals surface area contributed by atoms with E-state index in [-0.39, 0.29) is 35.8 Å². The normalized spacial score (nSPS) is 28.0. The molecule has 4 rings (SSSR count). The summed E-state index contributed by atoms with van der Waals surface area (Å²) in [5.41, 5.74) is 0.765. The molecule has 3 heterocycles. The minimum Gasteiger partial charge on any atom is -0.396 e. The van der Waals surface area contributed by atoms with Gasteiger partial charge in [0.15, 0.2) is 0 Å². The largest absolute Gasteiger partial charge is 0.396 e. The standard InChI is InChI=1S/C21H29N3O3/c25-15-21-9-1-12-24(19(26)5-2-16-6-10-22-11-7-16)18(21)8-13-23(14-21)20(27)17-3-4-17/h6-7,10-11,17-18,25H,1-5,8-9,12-15H2/t18-,21-/m1/s1. The molecule has 6 heteroatoms. The van der Waals surface area contributed by atoms with E-state index in [2.05, 4.69) is 4.98 Å². The van der Waals surface area contributed by atoms with E-state index in [1.165, 1.54) is 0 Å². The first-order chi connectivity index (χ1) is 13.1. The zero-order chi connectivity index (χ0) is 18.9. The molecule has 0 unspecified atom stereocenters. The Labute approximate surface area is 160 Å². The maximum atomic E-state index is 13.0. The lowest BCUT2D eigenvalue weighted by molar-refractivity contribution is -0.153. The number of amides is 2. The molecule has 2 amide bonds. The summed E-state index contributed by atoms with van der Waals surface area (Å²) < 4.78 is 0. The third-order valence-corrected chi connectivity index (χ3v) is 6.59. The molecule has 1 aromatic heterocycles. The van der Waals surface area contributed by atoms with Gasteiger partial charge in [-0.2, -0.15) is 0 Å². The van der Waals surface area contributed by atoms with Crippen LogP contribution in [0.15, 0.2) is 24.5 Å². The molecule has 0 aromatic carbocycles. The Balaban J connectivity index is 1.43. The number of aryl methyl sites for hydroxylation is 1. The van der Waals surface area contributed by atoms with Crippen LogP contribution in [-0.2, 0) is 16.0 Å². The van der Waals surface area contributed by atoms with E-state index in [0.29, 0.717) is 25.9 Å². The van der Waals surface area contributed by atoms with Gasteiger partial charge in [-0.15, -0.1) is 0 Å². The smallest absolute Gasteiger partial charge is 0.225 e. The average molecular weight is 371 g/mol. The fourth-order valence-corrected chi connectivity index (χ4v) is 4.89. The molecule has 1 aromatic rings. The van der Waals surface area contributed by atoms with Crippen molar-refractivity contribution >= 4 is 11.8 Å². The van der Waals surface area contributed by atoms with Gasteiger partial charge in [-0.3, -0.25) is 14.6 Å². The van der Waals surface area contributed by atoms with E-state index < -0.39 is 0 Å². The summed E-state index contributed by atoms with van der Waals surface area (Å²) >= 11 is 0. The second kappa shape index (κ2) is 7.58. The number of nitrogens with zero attached hydrogens (tertiary/aromatic N) is 3. The van der Waals surface area contributed by atoms with E-state index in [1.807, 2.05) is 21.9 Å². The molecule has 2 atom stereocenters. The van der Waals surface area contributed by atoms with Crippen molar-refractivity contribution in [3.05, 3.63) is 30.1 Å². The molecule has 1 aliphatic carbocycles. The second-order valence-corrected chi connectivity index (χ2v) is 8.41. The quantitative estimate of drug-likeness (QED) is 0.854. The average Bonchev–Trinajstić information content (AvgIpc) is 3.56. The number of likely N-dealkylation sites (tertiary alicyclic amines) is 2. The highest BCUT2D eigenvalue weighted by atomic mass is 16.3. The van der Waals surface area contributed by atoms with Gasteiger partial charge in [0.05, 0.1) is 6.61 Å². The maximum absolute atomic E-state index is 13.0. The summed E-state index contributed by atoms with van der Waals surface area (Å²) in [6, 6.07) is 3.94. The van der Waals surface area contributed by atoms with Crippen molar-refractivity contribution in [1.29, 1.82) is 0 Å². The zero-order valence-electron chi connectivity index (χ0n) is 15.8. The van der Waals surface area contributed by atoms with Crippen molar-refractivity contribution in [2.24, 2.45) is 11.3 Å². The van der Waals surface area contributed by atoms with Gasteiger partial charge in [-0.25, -0.2) is 0 Å². The van der Waals surface area contributed by atoms with Crippen LogP contribution in [0.2, 0.25) is 0 Å². The molecule has 1 saturated carbocycles. The number of hydrogen-bond acceptors (Lipinski definition) is 4. The van der Waals surface area contributed by atoms with E-state index in [1.54, 1.807) is 12.4 Å². The number of piperidine rings is 2. The lowest BCUT2D eigenvalue weighted by atomic mass is 9.69. The molecular formula is C21H29N3O3. The third kappa shape index (κ3) is 3.72. The third-order valence-electron chi connectivity index (χ3n) is 6.59. The van der Waals surface area contributed by atoms with Crippen LogP contribution >= 0.6 is 0 Å². The molecule has 2 aliphatic heterocycles. The number of fused-ring (bicyclic) bond motifs is 1. The van der Waals surface area contributed by atoms with Crippen LogP contribution in [0.1, 0.15) is 44.1 Å². The Kier molecular flexibility index (Phi) is 5.17. The molecule has 3 aliphatic rings. The van der Waals surface area contributed by atoms with Crippen LogP contribution < -0.4 is 0 Å². The predicted molar refractivity (Wildman–Crippen MR) is 101 cm³/mol. The number of aliphatic hydroxyl groups excluding tert-OH is 1. The van der Waals surface area contributed by atoms with Crippen molar-refractivity contribution in [3.63, 3.8) is 0 Å². The summed E-state index contributed by atoms with van der Waals surface area (Å²) in [5.74, 6) is 0.623. The molecule has 3 fully saturated rings. The van der Waals surface area contributed by atoms with Crippen LogP contribution in [-0.4, -0.2) is 64.0 Å². The van der Waals surface area contributed by atoms with Crippen molar-refractivity contribution in [2.45, 2.75) is 51.0 Å². The van der Waals surface area contributed by atoms with Gasteiger partial charge in [0, 0.05) is 55.8 Å². The lowest BCUT2D eigenvalue weighted by Crippen LogP contribution is -2.64. The van der Waals surface area contributed by atoms with E-state index in [9.17, 15) is 14.7 Å². The monoisotopic (exact) mass is 371 g/mol. The van der Waals surface area contributed by atoms with Gasteiger partial charge in [-0.1, -0.05) is 0 Å². The highest BCUT2D eigenvalue weighted by Crippen LogP contribution is 2.43. The SMILES string of the molecule is O=C(C1CC1)N1CC[C@H]2N(C(=O)CCc3ccncc3)CCC[C@]2(CO)C1. The first kappa shape index (κ1) is 18.4. The van der Waals surface area contributed by atoms with E-state index in [4.69, 9.17) is 0 Å². The summed E-state index contributed by atoms with van der Waals surface area (Å²) in [7, 11) is 0. The topological polar surface area (TPSA) is 73.7 Å². The van der Waals surface area contributed by atoms with Crippen LogP contribution in [0.25, 0.3) is 0 Å². The maximum Gasteiger partial charge on any atom is 0.225 e. The summed E-state index contributed by atoms with van der Waals surface area (Å²) in [6.07, 6.45) is 9.26. The number of aromatic nitrogens is 1. The van der Waals surface area contributed by atoms with Crippen LogP contribution in [0, 0.1) is 11.3 Å². The highest BCUT2D eigenvalue weighted by molar-refractivity contribution is 5.81. The number of carbonyl (C=O) groups excluding carboxylic acids is 2. The van der Waals surface area contributed by atoms with Gasteiger partial charge < -0.3 is 14.9 Å². The fourth-order valence-electron chi connectivity index (χ4n) is 4.89. The van der Waals surface area contributed by atoms with Gasteiger partial charge in [-0.05, 0) is 56.2 Å². The molecule has 0 bridgehead atoms. The Morgan fingerprint density at radius 3 is 2.67 bits per heavy atom. The Morgan fingerprint density at radius 2 is 1.96 bits per heavy atom. The van der Waals surface area contributed by atoms with E-state index >= 15 is 0 Å². The molecule has 0 spiro atoms. The van der Waals surface area contributed by atoms with E-state index in [0.717, 1.165) is 44.2 Å². The van der Waals surface area contributed by atoms with Gasteiger partial charge in [0.25, 0.3) is 0 Å². The van der Waals surface area contributed by atoms with Gasteiger partial charge >= 0.3 is 0 Å². The summed E-state index contributed by atoms with van der Waals surface area (Å²) in [6.45, 7) is 2.10. The van der Waals surface area contributed by atoms with Crippen molar-refractivity contribution in [2.75, 3.05) is 26.2 Å². The van der Waals surface area contributed by atoms with Crippen molar-refractivity contribution < 1.29 is 14.7 Å². The number of pyridine rings is 1. The van der Waals surface area contributed by atoms with Gasteiger partial charge in [0.1, 0.15) is 0 Å². The number of rotatable bonds is 5. The summed E-state index contributed by atoms with van der Waals surface area (Å²) in [5, 5.41) is 10.3. The molecule has 0 radical (unpaired) electrons. The predicted octanol–water partition coefficient (Wildman–Crippen LogP) is 1.63. The van der Waals surface area contributed by atoms with Crippen LogP contribution in [0.4, 0.5) is 0 Å². The minimum atomic E-state index is -0.354. The van der Waals surface area contributed by atoms with Crippen molar-refractivity contribution in [1.82, 2.24) is 14.8 Å². The molecular weight excluding hydrogens is 342 g/mol. The Hall–Kier alpha value is -1.95. The number of carbonyl (C=O) groups is 2.